The largest absolute Gasteiger partial charge is 0.291 e. The van der Waals surface area contributed by atoms with Gasteiger partial charge in [-0.1, -0.05) is 50.1 Å². The van der Waals surface area contributed by atoms with Crippen LogP contribution >= 0.6 is 0 Å². The van der Waals surface area contributed by atoms with Crippen LogP contribution in [0.1, 0.15) is 64.7 Å². The Kier molecular flexibility index (Phi) is 14.5. The molecule has 0 aromatic rings. The van der Waals surface area contributed by atoms with Gasteiger partial charge >= 0.3 is 0 Å². The van der Waals surface area contributed by atoms with Crippen LogP contribution in [0.4, 0.5) is 0 Å². The summed E-state index contributed by atoms with van der Waals surface area (Å²) in [5.41, 5.74) is 0. The van der Waals surface area contributed by atoms with Crippen molar-refractivity contribution in [3.8, 4) is 0 Å². The minimum Gasteiger partial charge on any atom is -0.291 e. The van der Waals surface area contributed by atoms with E-state index in [0.29, 0.717) is 12.8 Å². The van der Waals surface area contributed by atoms with Crippen LogP contribution in [0.25, 0.3) is 0 Å². The summed E-state index contributed by atoms with van der Waals surface area (Å²) in [6, 6.07) is -0.568. The molecule has 1 atom stereocenters. The van der Waals surface area contributed by atoms with E-state index in [2.05, 4.69) is 19.1 Å². The molecule has 0 aliphatic carbocycles. The lowest BCUT2D eigenvalue weighted by Crippen LogP contribution is -2.16. The molecule has 0 aliphatic rings. The van der Waals surface area contributed by atoms with Gasteiger partial charge in [-0.25, -0.2) is 0 Å². The average molecular weight is 306 g/mol. The van der Waals surface area contributed by atoms with Gasteiger partial charge in [0.1, 0.15) is 0 Å². The predicted molar refractivity (Wildman–Crippen MR) is 91.1 cm³/mol. The molecule has 0 amide bonds. The Morgan fingerprint density at radius 2 is 1.91 bits per heavy atom. The van der Waals surface area contributed by atoms with Crippen LogP contribution in [0.3, 0.4) is 0 Å². The van der Waals surface area contributed by atoms with E-state index in [9.17, 15) is 14.9 Å². The second kappa shape index (κ2) is 15.7. The molecule has 1 unspecified atom stereocenters. The van der Waals surface area contributed by atoms with Gasteiger partial charge in [0.2, 0.25) is 6.04 Å². The molecule has 0 N–H and O–H groups in total. The van der Waals surface area contributed by atoms with Gasteiger partial charge in [0.15, 0.2) is 6.29 Å². The van der Waals surface area contributed by atoms with Crippen molar-refractivity contribution >= 4 is 6.29 Å². The van der Waals surface area contributed by atoms with Gasteiger partial charge in [0, 0.05) is 17.8 Å². The number of rotatable bonds is 14. The number of carbonyl (C=O) groups excluding carboxylic acids is 1. The first-order valence-corrected chi connectivity index (χ1v) is 8.19. The quantitative estimate of drug-likeness (QED) is 0.150. The molecule has 4 nitrogen and oxygen atoms in total. The summed E-state index contributed by atoms with van der Waals surface area (Å²) in [6.07, 6.45) is 21.2. The highest BCUT2D eigenvalue weighted by Crippen LogP contribution is 2.07. The maximum atomic E-state index is 10.9. The van der Waals surface area contributed by atoms with Crippen LogP contribution in [0, 0.1) is 10.1 Å². The topological polar surface area (TPSA) is 60.2 Å². The molecule has 0 heterocycles. The highest BCUT2D eigenvalue weighted by Gasteiger charge is 2.14. The van der Waals surface area contributed by atoms with Gasteiger partial charge in [-0.3, -0.25) is 14.9 Å². The Morgan fingerprint density at radius 3 is 2.59 bits per heavy atom. The van der Waals surface area contributed by atoms with E-state index >= 15 is 0 Å². The van der Waals surface area contributed by atoms with Crippen LogP contribution in [0.2, 0.25) is 0 Å². The van der Waals surface area contributed by atoms with E-state index < -0.39 is 6.04 Å². The molecule has 1 radical (unpaired) electrons. The molecule has 0 aliphatic heterocycles. The summed E-state index contributed by atoms with van der Waals surface area (Å²) in [5.74, 6) is 0. The fourth-order valence-corrected chi connectivity index (χ4v) is 1.98. The smallest absolute Gasteiger partial charge is 0.231 e. The lowest BCUT2D eigenvalue weighted by atomic mass is 10.1. The molecule has 4 heteroatoms. The van der Waals surface area contributed by atoms with Gasteiger partial charge in [0.25, 0.3) is 0 Å². The zero-order valence-electron chi connectivity index (χ0n) is 13.6. The monoisotopic (exact) mass is 306 g/mol. The highest BCUT2D eigenvalue weighted by atomic mass is 16.6. The minimum atomic E-state index is -0.568. The van der Waals surface area contributed by atoms with Crippen molar-refractivity contribution in [1.82, 2.24) is 0 Å². The third-order valence-corrected chi connectivity index (χ3v) is 3.29. The summed E-state index contributed by atoms with van der Waals surface area (Å²) in [6.45, 7) is 2.09. The van der Waals surface area contributed by atoms with Crippen LogP contribution in [0.15, 0.2) is 36.5 Å². The lowest BCUT2D eigenvalue weighted by molar-refractivity contribution is -0.510. The van der Waals surface area contributed by atoms with E-state index in [4.69, 9.17) is 0 Å². The molecule has 0 bridgehead atoms. The first-order valence-electron chi connectivity index (χ1n) is 8.19. The van der Waals surface area contributed by atoms with Crippen molar-refractivity contribution in [2.75, 3.05) is 0 Å². The number of hydrogen-bond donors (Lipinski definition) is 0. The Labute approximate surface area is 134 Å². The van der Waals surface area contributed by atoms with Crippen molar-refractivity contribution in [1.29, 1.82) is 0 Å². The molecule has 0 saturated heterocycles. The van der Waals surface area contributed by atoms with Crippen molar-refractivity contribution in [3.05, 3.63) is 46.6 Å². The van der Waals surface area contributed by atoms with Gasteiger partial charge in [0.05, 0.1) is 0 Å². The minimum absolute atomic E-state index is 0.212. The molecule has 0 rings (SSSR count). The Balaban J connectivity index is 3.84. The fourth-order valence-electron chi connectivity index (χ4n) is 1.98. The van der Waals surface area contributed by atoms with Crippen LogP contribution in [0.5, 0.6) is 0 Å². The van der Waals surface area contributed by atoms with Crippen LogP contribution < -0.4 is 0 Å². The van der Waals surface area contributed by atoms with E-state index in [0.717, 1.165) is 44.9 Å². The van der Waals surface area contributed by atoms with E-state index in [-0.39, 0.29) is 4.92 Å². The first kappa shape index (κ1) is 20.3. The summed E-state index contributed by atoms with van der Waals surface area (Å²) < 4.78 is 0. The van der Waals surface area contributed by atoms with Crippen molar-refractivity contribution in [2.45, 2.75) is 70.8 Å². The first-order chi connectivity index (χ1) is 10.7. The molecule has 22 heavy (non-hydrogen) atoms. The molecule has 0 saturated carbocycles. The van der Waals surface area contributed by atoms with Crippen molar-refractivity contribution in [2.24, 2.45) is 0 Å². The molecule has 0 aromatic carbocycles. The standard InChI is InChI=1S/C18H28NO3/c1-2-3-12-15-18(19(21)22)16-13-10-8-6-4-5-7-9-11-14-17-20/h4-5,8,10,13,16,18H,2-3,6-7,9,11-12,14-15H2,1H3/b5-4+,10-8+,16-13+. The highest BCUT2D eigenvalue weighted by molar-refractivity contribution is 5.50. The Bertz CT molecular complexity index is 373. The van der Waals surface area contributed by atoms with E-state index in [1.807, 2.05) is 18.4 Å². The van der Waals surface area contributed by atoms with Crippen molar-refractivity contribution < 1.29 is 9.72 Å². The number of nitrogens with zero attached hydrogens (tertiary/aromatic N) is 1. The van der Waals surface area contributed by atoms with Gasteiger partial charge < -0.3 is 0 Å². The SMILES string of the molecule is CCCCCC(/C=C/C=C/C/C=C/CCCC[C]=O)[N+](=O)[O-]. The van der Waals surface area contributed by atoms with Crippen molar-refractivity contribution in [3.63, 3.8) is 0 Å². The average Bonchev–Trinajstić information content (AvgIpc) is 2.50. The zero-order chi connectivity index (χ0) is 16.5. The third kappa shape index (κ3) is 13.3. The van der Waals surface area contributed by atoms with Crippen LogP contribution in [-0.2, 0) is 4.79 Å². The van der Waals surface area contributed by atoms with Gasteiger partial charge in [-0.15, -0.1) is 0 Å². The van der Waals surface area contributed by atoms with Crippen LogP contribution in [-0.4, -0.2) is 17.3 Å². The molecule has 0 fully saturated rings. The third-order valence-electron chi connectivity index (χ3n) is 3.29. The summed E-state index contributed by atoms with van der Waals surface area (Å²) in [5, 5.41) is 10.9. The summed E-state index contributed by atoms with van der Waals surface area (Å²) >= 11 is 0. The number of allylic oxidation sites excluding steroid dienone is 5. The molecule has 123 valence electrons. The molecule has 0 spiro atoms. The molecular formula is C18H28NO3. The van der Waals surface area contributed by atoms with E-state index in [1.165, 1.54) is 0 Å². The fraction of sp³-hybridized carbons (Fsp3) is 0.611. The number of nitro groups is 1. The van der Waals surface area contributed by atoms with Gasteiger partial charge in [-0.05, 0) is 38.2 Å². The molecule has 0 aromatic heterocycles. The zero-order valence-corrected chi connectivity index (χ0v) is 13.6. The number of hydrogen-bond acceptors (Lipinski definition) is 3. The normalized spacial score (nSPS) is 13.3. The second-order valence-electron chi connectivity index (χ2n) is 5.26. The Hall–Kier alpha value is -1.71. The maximum absolute atomic E-state index is 10.9. The predicted octanol–water partition coefficient (Wildman–Crippen LogP) is 4.94. The lowest BCUT2D eigenvalue weighted by Gasteiger charge is -2.03. The second-order valence-corrected chi connectivity index (χ2v) is 5.26. The number of unbranched alkanes of at least 4 members (excludes halogenated alkanes) is 5. The summed E-state index contributed by atoms with van der Waals surface area (Å²) in [4.78, 5) is 20.7. The van der Waals surface area contributed by atoms with Gasteiger partial charge in [-0.2, -0.15) is 0 Å². The molecular weight excluding hydrogens is 278 g/mol. The maximum Gasteiger partial charge on any atom is 0.231 e. The van der Waals surface area contributed by atoms with E-state index in [1.54, 1.807) is 12.2 Å². The Morgan fingerprint density at radius 1 is 1.09 bits per heavy atom. The summed E-state index contributed by atoms with van der Waals surface area (Å²) in [7, 11) is 0.